The van der Waals surface area contributed by atoms with Crippen molar-refractivity contribution in [2.75, 3.05) is 19.6 Å². The lowest BCUT2D eigenvalue weighted by Gasteiger charge is -2.24. The molecule has 1 aliphatic heterocycles. The van der Waals surface area contributed by atoms with Gasteiger partial charge in [-0.05, 0) is 32.4 Å². The maximum Gasteiger partial charge on any atom is 0.274 e. The lowest BCUT2D eigenvalue weighted by molar-refractivity contribution is -0.385. The van der Waals surface area contributed by atoms with Crippen LogP contribution in [0, 0.1) is 16.0 Å². The van der Waals surface area contributed by atoms with Crippen LogP contribution in [-0.4, -0.2) is 29.5 Å². The third-order valence-corrected chi connectivity index (χ3v) is 3.78. The highest BCUT2D eigenvalue weighted by atomic mass is 35.5. The molecule has 0 bridgehead atoms. The van der Waals surface area contributed by atoms with E-state index in [4.69, 9.17) is 5.73 Å². The van der Waals surface area contributed by atoms with Crippen molar-refractivity contribution in [1.82, 2.24) is 4.90 Å². The normalized spacial score (nSPS) is 20.8. The smallest absolute Gasteiger partial charge is 0.274 e. The fourth-order valence-electron chi connectivity index (χ4n) is 2.61. The van der Waals surface area contributed by atoms with Gasteiger partial charge >= 0.3 is 0 Å². The van der Waals surface area contributed by atoms with E-state index in [0.717, 1.165) is 25.1 Å². The van der Waals surface area contributed by atoms with Crippen LogP contribution in [-0.2, 0) is 0 Å². The first-order chi connectivity index (χ1) is 8.63. The van der Waals surface area contributed by atoms with Gasteiger partial charge in [0.25, 0.3) is 5.69 Å². The second-order valence-corrected chi connectivity index (χ2v) is 4.88. The second kappa shape index (κ2) is 6.84. The zero-order valence-corrected chi connectivity index (χ0v) is 11.8. The van der Waals surface area contributed by atoms with E-state index in [1.165, 1.54) is 0 Å². The Morgan fingerprint density at radius 2 is 2.21 bits per heavy atom. The maximum absolute atomic E-state index is 11.0. The lowest BCUT2D eigenvalue weighted by atomic mass is 10.0. The molecule has 0 aromatic heterocycles. The Labute approximate surface area is 119 Å². The second-order valence-electron chi connectivity index (χ2n) is 4.88. The van der Waals surface area contributed by atoms with E-state index in [0.29, 0.717) is 12.5 Å². The third-order valence-electron chi connectivity index (χ3n) is 3.78. The topological polar surface area (TPSA) is 72.4 Å². The van der Waals surface area contributed by atoms with Crippen molar-refractivity contribution in [1.29, 1.82) is 0 Å². The summed E-state index contributed by atoms with van der Waals surface area (Å²) in [7, 11) is 0. The predicted octanol–water partition coefficient (Wildman–Crippen LogP) is 2.36. The molecule has 0 spiro atoms. The number of halogens is 1. The molecule has 0 aliphatic carbocycles. The van der Waals surface area contributed by atoms with Crippen molar-refractivity contribution < 1.29 is 4.92 Å². The average Bonchev–Trinajstić information content (AvgIpc) is 2.86. The van der Waals surface area contributed by atoms with Crippen molar-refractivity contribution in [2.24, 2.45) is 11.7 Å². The van der Waals surface area contributed by atoms with Gasteiger partial charge in [-0.1, -0.05) is 18.2 Å². The molecule has 2 atom stereocenters. The van der Waals surface area contributed by atoms with E-state index in [9.17, 15) is 10.1 Å². The van der Waals surface area contributed by atoms with Gasteiger partial charge in [-0.25, -0.2) is 0 Å². The standard InChI is InChI=1S/C13H19N3O2.ClH/c1-10(15-7-6-11(8-14)9-15)12-4-2-3-5-13(12)16(17)18;/h2-5,10-11H,6-9,14H2,1H3;1H. The Morgan fingerprint density at radius 1 is 1.53 bits per heavy atom. The molecule has 6 heteroatoms. The third kappa shape index (κ3) is 3.43. The van der Waals surface area contributed by atoms with Crippen LogP contribution in [0.1, 0.15) is 24.9 Å². The number of nitro groups is 1. The molecule has 1 aliphatic rings. The first-order valence-corrected chi connectivity index (χ1v) is 6.31. The Kier molecular flexibility index (Phi) is 5.72. The summed E-state index contributed by atoms with van der Waals surface area (Å²) in [5.74, 6) is 0.523. The van der Waals surface area contributed by atoms with Crippen molar-refractivity contribution in [3.8, 4) is 0 Å². The molecule has 1 saturated heterocycles. The molecular weight excluding hydrogens is 266 g/mol. The molecule has 1 fully saturated rings. The Bertz CT molecular complexity index is 442. The minimum atomic E-state index is -0.303. The first kappa shape index (κ1) is 15.9. The van der Waals surface area contributed by atoms with Gasteiger partial charge in [0.1, 0.15) is 0 Å². The quantitative estimate of drug-likeness (QED) is 0.681. The van der Waals surface area contributed by atoms with Crippen molar-refractivity contribution >= 4 is 18.1 Å². The van der Waals surface area contributed by atoms with Gasteiger partial charge in [0, 0.05) is 24.2 Å². The molecule has 2 rings (SSSR count). The van der Waals surface area contributed by atoms with Crippen LogP contribution in [0.15, 0.2) is 24.3 Å². The monoisotopic (exact) mass is 285 g/mol. The van der Waals surface area contributed by atoms with E-state index < -0.39 is 0 Å². The summed E-state index contributed by atoms with van der Waals surface area (Å²) in [6.45, 7) is 4.63. The Balaban J connectivity index is 0.00000180. The zero-order valence-electron chi connectivity index (χ0n) is 11.0. The average molecular weight is 286 g/mol. The number of rotatable bonds is 4. The van der Waals surface area contributed by atoms with Gasteiger partial charge in [0.2, 0.25) is 0 Å². The molecule has 2 unspecified atom stereocenters. The van der Waals surface area contributed by atoms with Crippen molar-refractivity contribution in [3.05, 3.63) is 39.9 Å². The highest BCUT2D eigenvalue weighted by Crippen LogP contribution is 2.32. The zero-order chi connectivity index (χ0) is 13.1. The van der Waals surface area contributed by atoms with Gasteiger partial charge in [0.05, 0.1) is 4.92 Å². The Morgan fingerprint density at radius 3 is 2.79 bits per heavy atom. The van der Waals surface area contributed by atoms with Gasteiger partial charge < -0.3 is 5.73 Å². The van der Waals surface area contributed by atoms with Crippen LogP contribution in [0.2, 0.25) is 0 Å². The number of benzene rings is 1. The fourth-order valence-corrected chi connectivity index (χ4v) is 2.61. The minimum absolute atomic E-state index is 0. The molecule has 106 valence electrons. The summed E-state index contributed by atoms with van der Waals surface area (Å²) in [4.78, 5) is 13.0. The van der Waals surface area contributed by atoms with Crippen LogP contribution >= 0.6 is 12.4 Å². The number of nitrogens with two attached hydrogens (primary N) is 1. The lowest BCUT2D eigenvalue weighted by Crippen LogP contribution is -2.26. The maximum atomic E-state index is 11.0. The van der Waals surface area contributed by atoms with E-state index in [1.54, 1.807) is 12.1 Å². The van der Waals surface area contributed by atoms with Crippen LogP contribution in [0.3, 0.4) is 0 Å². The fraction of sp³-hybridized carbons (Fsp3) is 0.538. The van der Waals surface area contributed by atoms with Gasteiger partial charge in [-0.3, -0.25) is 15.0 Å². The van der Waals surface area contributed by atoms with Crippen LogP contribution < -0.4 is 5.73 Å². The number of nitrogens with zero attached hydrogens (tertiary/aromatic N) is 2. The summed E-state index contributed by atoms with van der Waals surface area (Å²) in [5, 5.41) is 11.0. The number of nitro benzene ring substituents is 1. The molecule has 1 aromatic rings. The minimum Gasteiger partial charge on any atom is -0.330 e. The molecule has 0 radical (unpaired) electrons. The molecule has 2 N–H and O–H groups in total. The molecule has 1 aromatic carbocycles. The summed E-state index contributed by atoms with van der Waals surface area (Å²) in [5.41, 5.74) is 6.68. The number of likely N-dealkylation sites (tertiary alicyclic amines) is 1. The summed E-state index contributed by atoms with van der Waals surface area (Å²) in [6.07, 6.45) is 1.08. The van der Waals surface area contributed by atoms with Crippen LogP contribution in [0.25, 0.3) is 0 Å². The van der Waals surface area contributed by atoms with E-state index in [-0.39, 0.29) is 29.1 Å². The van der Waals surface area contributed by atoms with Crippen LogP contribution in [0.4, 0.5) is 5.69 Å². The summed E-state index contributed by atoms with van der Waals surface area (Å²) < 4.78 is 0. The molecule has 0 amide bonds. The first-order valence-electron chi connectivity index (χ1n) is 6.31. The molecular formula is C13H20ClN3O2. The molecule has 19 heavy (non-hydrogen) atoms. The summed E-state index contributed by atoms with van der Waals surface area (Å²) in [6, 6.07) is 7.06. The SMILES string of the molecule is CC(c1ccccc1[N+](=O)[O-])N1CCC(CN)C1.Cl. The van der Waals surface area contributed by atoms with E-state index in [2.05, 4.69) is 4.90 Å². The van der Waals surface area contributed by atoms with Crippen molar-refractivity contribution in [2.45, 2.75) is 19.4 Å². The number of hydrogen-bond donors (Lipinski definition) is 1. The molecule has 1 heterocycles. The summed E-state index contributed by atoms with van der Waals surface area (Å²) >= 11 is 0. The van der Waals surface area contributed by atoms with Gasteiger partial charge in [-0.2, -0.15) is 0 Å². The number of hydrogen-bond acceptors (Lipinski definition) is 4. The van der Waals surface area contributed by atoms with Crippen LogP contribution in [0.5, 0.6) is 0 Å². The largest absolute Gasteiger partial charge is 0.330 e. The van der Waals surface area contributed by atoms with Gasteiger partial charge in [-0.15, -0.1) is 12.4 Å². The molecule has 5 nitrogen and oxygen atoms in total. The predicted molar refractivity (Wildman–Crippen MR) is 77.5 cm³/mol. The van der Waals surface area contributed by atoms with Crippen molar-refractivity contribution in [3.63, 3.8) is 0 Å². The van der Waals surface area contributed by atoms with Gasteiger partial charge in [0.15, 0.2) is 0 Å². The number of para-hydroxylation sites is 1. The molecule has 0 saturated carbocycles. The highest BCUT2D eigenvalue weighted by molar-refractivity contribution is 5.85. The Hall–Kier alpha value is -1.17. The highest BCUT2D eigenvalue weighted by Gasteiger charge is 2.29. The van der Waals surface area contributed by atoms with E-state index >= 15 is 0 Å². The van der Waals surface area contributed by atoms with E-state index in [1.807, 2.05) is 19.1 Å².